The van der Waals surface area contributed by atoms with Crippen molar-refractivity contribution in [1.29, 1.82) is 0 Å². The highest BCUT2D eigenvalue weighted by Crippen LogP contribution is 2.09. The van der Waals surface area contributed by atoms with Gasteiger partial charge in [-0.15, -0.1) is 0 Å². The lowest BCUT2D eigenvalue weighted by Gasteiger charge is -2.04. The van der Waals surface area contributed by atoms with Gasteiger partial charge in [0.05, 0.1) is 12.3 Å². The summed E-state index contributed by atoms with van der Waals surface area (Å²) in [5.41, 5.74) is 0.840. The van der Waals surface area contributed by atoms with Gasteiger partial charge in [0, 0.05) is 12.4 Å². The minimum atomic E-state index is 0.636. The van der Waals surface area contributed by atoms with Crippen molar-refractivity contribution in [2.24, 2.45) is 0 Å². The summed E-state index contributed by atoms with van der Waals surface area (Å²) >= 11 is 0. The molecule has 0 saturated carbocycles. The molecule has 1 heterocycles. The van der Waals surface area contributed by atoms with Crippen LogP contribution in [0.3, 0.4) is 0 Å². The second-order valence-corrected chi connectivity index (χ2v) is 2.96. The van der Waals surface area contributed by atoms with E-state index in [4.69, 9.17) is 4.74 Å². The van der Waals surface area contributed by atoms with Gasteiger partial charge in [-0.05, 0) is 19.8 Å². The zero-order valence-electron chi connectivity index (χ0n) is 8.73. The van der Waals surface area contributed by atoms with Crippen LogP contribution in [0.15, 0.2) is 24.5 Å². The molecule has 0 bridgehead atoms. The molecule has 0 aromatic carbocycles. The highest BCUT2D eigenvalue weighted by atomic mass is 16.5. The van der Waals surface area contributed by atoms with Gasteiger partial charge in [0.25, 0.3) is 0 Å². The number of allylic oxidation sites excluding steroid dienone is 1. The molecule has 76 valence electrons. The Bertz CT molecular complexity index is 297. The van der Waals surface area contributed by atoms with Crippen molar-refractivity contribution >= 4 is 0 Å². The van der Waals surface area contributed by atoms with Gasteiger partial charge in [-0.3, -0.25) is 4.98 Å². The van der Waals surface area contributed by atoms with Crippen LogP contribution in [0.4, 0.5) is 0 Å². The summed E-state index contributed by atoms with van der Waals surface area (Å²) in [7, 11) is 0. The maximum absolute atomic E-state index is 5.46. The lowest BCUT2D eigenvalue weighted by atomic mass is 10.3. The molecule has 0 aliphatic rings. The van der Waals surface area contributed by atoms with Crippen LogP contribution >= 0.6 is 0 Å². The monoisotopic (exact) mass is 192 g/mol. The van der Waals surface area contributed by atoms with E-state index in [0.29, 0.717) is 12.5 Å². The van der Waals surface area contributed by atoms with E-state index in [2.05, 4.69) is 29.0 Å². The van der Waals surface area contributed by atoms with Gasteiger partial charge in [0.2, 0.25) is 5.88 Å². The van der Waals surface area contributed by atoms with Gasteiger partial charge in [0.1, 0.15) is 0 Å². The molecular weight excluding hydrogens is 176 g/mol. The Morgan fingerprint density at radius 1 is 1.29 bits per heavy atom. The predicted molar refractivity (Wildman–Crippen MR) is 56.3 cm³/mol. The SMILES string of the molecule is CC/C=C/CCOc1nccnc1C. The first-order chi connectivity index (χ1) is 6.84. The average molecular weight is 192 g/mol. The highest BCUT2D eigenvalue weighted by Gasteiger charge is 1.98. The molecule has 0 unspecified atom stereocenters. The topological polar surface area (TPSA) is 35.0 Å². The third-order valence-corrected chi connectivity index (χ3v) is 1.76. The Kier molecular flexibility index (Phi) is 4.69. The Hall–Kier alpha value is -1.38. The molecule has 3 heteroatoms. The van der Waals surface area contributed by atoms with Crippen molar-refractivity contribution < 1.29 is 4.74 Å². The Balaban J connectivity index is 2.31. The summed E-state index contributed by atoms with van der Waals surface area (Å²) in [5, 5.41) is 0. The largest absolute Gasteiger partial charge is 0.476 e. The summed E-state index contributed by atoms with van der Waals surface area (Å²) in [6, 6.07) is 0. The second-order valence-electron chi connectivity index (χ2n) is 2.96. The van der Waals surface area contributed by atoms with E-state index < -0.39 is 0 Å². The minimum absolute atomic E-state index is 0.636. The van der Waals surface area contributed by atoms with E-state index in [1.165, 1.54) is 0 Å². The molecule has 0 atom stereocenters. The number of aromatic nitrogens is 2. The summed E-state index contributed by atoms with van der Waals surface area (Å²) in [6.07, 6.45) is 9.55. The van der Waals surface area contributed by atoms with Crippen LogP contribution in [0, 0.1) is 6.92 Å². The fourth-order valence-corrected chi connectivity index (χ4v) is 1.04. The lowest BCUT2D eigenvalue weighted by Crippen LogP contribution is -2.00. The number of nitrogens with zero attached hydrogens (tertiary/aromatic N) is 2. The van der Waals surface area contributed by atoms with Gasteiger partial charge in [0.15, 0.2) is 0 Å². The van der Waals surface area contributed by atoms with Crippen LogP contribution in [-0.4, -0.2) is 16.6 Å². The zero-order valence-corrected chi connectivity index (χ0v) is 8.73. The molecule has 0 aliphatic carbocycles. The van der Waals surface area contributed by atoms with Gasteiger partial charge in [-0.1, -0.05) is 19.1 Å². The van der Waals surface area contributed by atoms with Crippen LogP contribution in [0.25, 0.3) is 0 Å². The molecule has 1 aromatic rings. The van der Waals surface area contributed by atoms with Crippen LogP contribution in [-0.2, 0) is 0 Å². The van der Waals surface area contributed by atoms with E-state index >= 15 is 0 Å². The van der Waals surface area contributed by atoms with Crippen molar-refractivity contribution in [2.45, 2.75) is 26.7 Å². The normalized spacial score (nSPS) is 10.7. The second kappa shape index (κ2) is 6.13. The molecule has 1 aromatic heterocycles. The standard InChI is InChI=1S/C11H16N2O/c1-3-4-5-6-9-14-11-10(2)12-7-8-13-11/h4-5,7-8H,3,6,9H2,1-2H3/b5-4+. The maximum atomic E-state index is 5.46. The van der Waals surface area contributed by atoms with Crippen molar-refractivity contribution in [1.82, 2.24) is 9.97 Å². The van der Waals surface area contributed by atoms with Crippen LogP contribution in [0.1, 0.15) is 25.5 Å². The summed E-state index contributed by atoms with van der Waals surface area (Å²) < 4.78 is 5.46. The van der Waals surface area contributed by atoms with Crippen molar-refractivity contribution in [3.05, 3.63) is 30.2 Å². The predicted octanol–water partition coefficient (Wildman–Crippen LogP) is 2.52. The number of hydrogen-bond donors (Lipinski definition) is 0. The first-order valence-corrected chi connectivity index (χ1v) is 4.90. The van der Waals surface area contributed by atoms with Gasteiger partial charge < -0.3 is 4.74 Å². The van der Waals surface area contributed by atoms with Gasteiger partial charge in [-0.2, -0.15) is 0 Å². The number of hydrogen-bond acceptors (Lipinski definition) is 3. The van der Waals surface area contributed by atoms with E-state index in [0.717, 1.165) is 18.5 Å². The van der Waals surface area contributed by atoms with Gasteiger partial charge in [-0.25, -0.2) is 4.98 Å². The lowest BCUT2D eigenvalue weighted by molar-refractivity contribution is 0.308. The molecule has 0 saturated heterocycles. The molecule has 0 amide bonds. The van der Waals surface area contributed by atoms with E-state index in [1.807, 2.05) is 6.92 Å². The number of ether oxygens (including phenoxy) is 1. The molecule has 0 aliphatic heterocycles. The smallest absolute Gasteiger partial charge is 0.235 e. The molecule has 0 radical (unpaired) electrons. The first kappa shape index (κ1) is 10.7. The fourth-order valence-electron chi connectivity index (χ4n) is 1.04. The molecule has 1 rings (SSSR count). The summed E-state index contributed by atoms with van der Waals surface area (Å²) in [6.45, 7) is 4.67. The summed E-state index contributed by atoms with van der Waals surface area (Å²) in [5.74, 6) is 0.636. The maximum Gasteiger partial charge on any atom is 0.235 e. The Labute approximate surface area is 84.8 Å². The van der Waals surface area contributed by atoms with Crippen LogP contribution in [0.2, 0.25) is 0 Å². The molecule has 0 fully saturated rings. The molecular formula is C11H16N2O. The number of rotatable bonds is 5. The molecule has 0 spiro atoms. The van der Waals surface area contributed by atoms with Crippen LogP contribution < -0.4 is 4.74 Å². The van der Waals surface area contributed by atoms with E-state index in [9.17, 15) is 0 Å². The zero-order chi connectivity index (χ0) is 10.2. The van der Waals surface area contributed by atoms with Crippen LogP contribution in [0.5, 0.6) is 5.88 Å². The Morgan fingerprint density at radius 2 is 2.07 bits per heavy atom. The summed E-state index contributed by atoms with van der Waals surface area (Å²) in [4.78, 5) is 8.18. The Morgan fingerprint density at radius 3 is 2.79 bits per heavy atom. The molecule has 14 heavy (non-hydrogen) atoms. The number of aryl methyl sites for hydroxylation is 1. The molecule has 3 nitrogen and oxygen atoms in total. The van der Waals surface area contributed by atoms with Crippen molar-refractivity contribution in [3.8, 4) is 5.88 Å². The minimum Gasteiger partial charge on any atom is -0.476 e. The third-order valence-electron chi connectivity index (χ3n) is 1.76. The fraction of sp³-hybridized carbons (Fsp3) is 0.455. The average Bonchev–Trinajstić information content (AvgIpc) is 2.20. The van der Waals surface area contributed by atoms with Crippen molar-refractivity contribution in [3.63, 3.8) is 0 Å². The third kappa shape index (κ3) is 3.56. The quantitative estimate of drug-likeness (QED) is 0.531. The van der Waals surface area contributed by atoms with Crippen molar-refractivity contribution in [2.75, 3.05) is 6.61 Å². The first-order valence-electron chi connectivity index (χ1n) is 4.90. The molecule has 0 N–H and O–H groups in total. The van der Waals surface area contributed by atoms with E-state index in [1.54, 1.807) is 12.4 Å². The van der Waals surface area contributed by atoms with Gasteiger partial charge >= 0.3 is 0 Å². The van der Waals surface area contributed by atoms with E-state index in [-0.39, 0.29) is 0 Å². The highest BCUT2D eigenvalue weighted by molar-refractivity contribution is 5.14.